The van der Waals surface area contributed by atoms with Crippen LogP contribution in [0.2, 0.25) is 0 Å². The molecular formula is C13H17NO. The van der Waals surface area contributed by atoms with Crippen LogP contribution in [0.5, 0.6) is 0 Å². The molecule has 1 aliphatic carbocycles. The van der Waals surface area contributed by atoms with Gasteiger partial charge < -0.3 is 5.73 Å². The standard InChI is InChI=1S/C13H17NO/c14-13(10-6-2-1-3-7-10)11-8-4-5-9-12(11)15/h1-3,6-7,11,13H,4-5,8-9,14H2. The van der Waals surface area contributed by atoms with Crippen molar-refractivity contribution in [2.45, 2.75) is 31.7 Å². The lowest BCUT2D eigenvalue weighted by molar-refractivity contribution is -0.125. The first-order valence-electron chi connectivity index (χ1n) is 5.62. The number of Topliss-reactive ketones (excluding diaryl/α,β-unsaturated/α-hetero) is 1. The van der Waals surface area contributed by atoms with Gasteiger partial charge in [0.15, 0.2) is 0 Å². The zero-order valence-corrected chi connectivity index (χ0v) is 8.86. The number of nitrogens with two attached hydrogens (primary N) is 1. The monoisotopic (exact) mass is 203 g/mol. The first kappa shape index (κ1) is 10.4. The molecule has 0 bridgehead atoms. The maximum Gasteiger partial charge on any atom is 0.137 e. The predicted octanol–water partition coefficient (Wildman–Crippen LogP) is 2.45. The van der Waals surface area contributed by atoms with Crippen LogP contribution in [0, 0.1) is 5.92 Å². The molecule has 2 rings (SSSR count). The maximum absolute atomic E-state index is 11.7. The van der Waals surface area contributed by atoms with Crippen molar-refractivity contribution in [3.8, 4) is 0 Å². The van der Waals surface area contributed by atoms with Crippen LogP contribution >= 0.6 is 0 Å². The molecule has 0 radical (unpaired) electrons. The van der Waals surface area contributed by atoms with E-state index in [1.807, 2.05) is 30.3 Å². The van der Waals surface area contributed by atoms with Gasteiger partial charge in [0.05, 0.1) is 0 Å². The van der Waals surface area contributed by atoms with E-state index in [1.165, 1.54) is 0 Å². The zero-order chi connectivity index (χ0) is 10.7. The summed E-state index contributed by atoms with van der Waals surface area (Å²) < 4.78 is 0. The lowest BCUT2D eigenvalue weighted by Gasteiger charge is -2.26. The fourth-order valence-electron chi connectivity index (χ4n) is 2.30. The third kappa shape index (κ3) is 2.26. The van der Waals surface area contributed by atoms with Crippen molar-refractivity contribution in [2.75, 3.05) is 0 Å². The number of carbonyl (C=O) groups is 1. The molecule has 80 valence electrons. The van der Waals surface area contributed by atoms with Crippen LogP contribution in [0.4, 0.5) is 0 Å². The predicted molar refractivity (Wildman–Crippen MR) is 60.3 cm³/mol. The average Bonchev–Trinajstić information content (AvgIpc) is 2.30. The molecule has 2 nitrogen and oxygen atoms in total. The summed E-state index contributed by atoms with van der Waals surface area (Å²) in [6.45, 7) is 0. The topological polar surface area (TPSA) is 43.1 Å². The van der Waals surface area contributed by atoms with Crippen molar-refractivity contribution in [3.05, 3.63) is 35.9 Å². The Hall–Kier alpha value is -1.15. The Balaban J connectivity index is 2.13. The Labute approximate surface area is 90.5 Å². The van der Waals surface area contributed by atoms with Gasteiger partial charge in [-0.15, -0.1) is 0 Å². The maximum atomic E-state index is 11.7. The summed E-state index contributed by atoms with van der Waals surface area (Å²) in [6, 6.07) is 9.82. The molecule has 1 saturated carbocycles. The number of rotatable bonds is 2. The minimum Gasteiger partial charge on any atom is -0.323 e. The summed E-state index contributed by atoms with van der Waals surface area (Å²) >= 11 is 0. The summed E-state index contributed by atoms with van der Waals surface area (Å²) in [4.78, 5) is 11.7. The molecule has 0 heterocycles. The summed E-state index contributed by atoms with van der Waals surface area (Å²) in [7, 11) is 0. The van der Waals surface area contributed by atoms with Gasteiger partial charge in [-0.2, -0.15) is 0 Å². The molecule has 2 unspecified atom stereocenters. The minimum atomic E-state index is -0.112. The number of benzene rings is 1. The van der Waals surface area contributed by atoms with Crippen LogP contribution in [0.15, 0.2) is 30.3 Å². The third-order valence-electron chi connectivity index (χ3n) is 3.22. The summed E-state index contributed by atoms with van der Waals surface area (Å²) in [5, 5.41) is 0. The molecule has 0 amide bonds. The van der Waals surface area contributed by atoms with E-state index in [1.54, 1.807) is 0 Å². The van der Waals surface area contributed by atoms with E-state index in [0.29, 0.717) is 12.2 Å². The summed E-state index contributed by atoms with van der Waals surface area (Å²) in [6.07, 6.45) is 3.84. The van der Waals surface area contributed by atoms with Crippen LogP contribution in [-0.4, -0.2) is 5.78 Å². The van der Waals surface area contributed by atoms with E-state index < -0.39 is 0 Å². The SMILES string of the molecule is NC(c1ccccc1)C1CCCCC1=O. The Morgan fingerprint density at radius 2 is 1.93 bits per heavy atom. The Morgan fingerprint density at radius 3 is 2.60 bits per heavy atom. The van der Waals surface area contributed by atoms with Crippen molar-refractivity contribution in [3.63, 3.8) is 0 Å². The van der Waals surface area contributed by atoms with Gasteiger partial charge in [0.1, 0.15) is 5.78 Å². The van der Waals surface area contributed by atoms with Crippen LogP contribution in [0.3, 0.4) is 0 Å². The highest BCUT2D eigenvalue weighted by molar-refractivity contribution is 5.82. The smallest absolute Gasteiger partial charge is 0.137 e. The van der Waals surface area contributed by atoms with Gasteiger partial charge in [-0.05, 0) is 18.4 Å². The van der Waals surface area contributed by atoms with Crippen molar-refractivity contribution in [2.24, 2.45) is 11.7 Å². The van der Waals surface area contributed by atoms with E-state index in [2.05, 4.69) is 0 Å². The van der Waals surface area contributed by atoms with Gasteiger partial charge in [-0.3, -0.25) is 4.79 Å². The normalized spacial score (nSPS) is 23.8. The summed E-state index contributed by atoms with van der Waals surface area (Å²) in [5.41, 5.74) is 7.22. The van der Waals surface area contributed by atoms with Crippen LogP contribution in [0.25, 0.3) is 0 Å². The highest BCUT2D eigenvalue weighted by Gasteiger charge is 2.28. The third-order valence-corrected chi connectivity index (χ3v) is 3.22. The molecule has 1 aliphatic rings. The molecule has 1 fully saturated rings. The van der Waals surface area contributed by atoms with E-state index in [9.17, 15) is 4.79 Å². The second-order valence-corrected chi connectivity index (χ2v) is 4.26. The van der Waals surface area contributed by atoms with E-state index >= 15 is 0 Å². The van der Waals surface area contributed by atoms with Gasteiger partial charge in [0, 0.05) is 18.4 Å². The summed E-state index contributed by atoms with van der Waals surface area (Å²) in [5.74, 6) is 0.388. The molecule has 2 heteroatoms. The van der Waals surface area contributed by atoms with Crippen LogP contribution in [-0.2, 0) is 4.79 Å². The van der Waals surface area contributed by atoms with E-state index in [0.717, 1.165) is 24.8 Å². The van der Waals surface area contributed by atoms with E-state index in [4.69, 9.17) is 5.73 Å². The molecule has 0 aliphatic heterocycles. The second kappa shape index (κ2) is 4.58. The van der Waals surface area contributed by atoms with Crippen molar-refractivity contribution < 1.29 is 4.79 Å². The second-order valence-electron chi connectivity index (χ2n) is 4.26. The Morgan fingerprint density at radius 1 is 1.20 bits per heavy atom. The van der Waals surface area contributed by atoms with Gasteiger partial charge in [-0.1, -0.05) is 36.8 Å². The highest BCUT2D eigenvalue weighted by Crippen LogP contribution is 2.30. The van der Waals surface area contributed by atoms with Crippen molar-refractivity contribution in [1.29, 1.82) is 0 Å². The fourth-order valence-corrected chi connectivity index (χ4v) is 2.30. The Kier molecular flexibility index (Phi) is 3.17. The van der Waals surface area contributed by atoms with Crippen molar-refractivity contribution >= 4 is 5.78 Å². The number of hydrogen-bond donors (Lipinski definition) is 1. The van der Waals surface area contributed by atoms with Crippen molar-refractivity contribution in [1.82, 2.24) is 0 Å². The van der Waals surface area contributed by atoms with Gasteiger partial charge in [0.2, 0.25) is 0 Å². The van der Waals surface area contributed by atoms with Crippen LogP contribution < -0.4 is 5.73 Å². The molecule has 0 saturated heterocycles. The molecule has 15 heavy (non-hydrogen) atoms. The molecule has 1 aromatic carbocycles. The molecule has 0 aromatic heterocycles. The Bertz CT molecular complexity index is 334. The van der Waals surface area contributed by atoms with Crippen LogP contribution in [0.1, 0.15) is 37.3 Å². The molecule has 2 N–H and O–H groups in total. The first-order chi connectivity index (χ1) is 7.29. The minimum absolute atomic E-state index is 0.0427. The number of hydrogen-bond acceptors (Lipinski definition) is 2. The average molecular weight is 203 g/mol. The molecule has 0 spiro atoms. The molecular weight excluding hydrogens is 186 g/mol. The first-order valence-corrected chi connectivity index (χ1v) is 5.62. The highest BCUT2D eigenvalue weighted by atomic mass is 16.1. The van der Waals surface area contributed by atoms with Gasteiger partial charge in [0.25, 0.3) is 0 Å². The number of ketones is 1. The zero-order valence-electron chi connectivity index (χ0n) is 8.86. The quantitative estimate of drug-likeness (QED) is 0.802. The molecule has 2 atom stereocenters. The largest absolute Gasteiger partial charge is 0.323 e. The van der Waals surface area contributed by atoms with E-state index in [-0.39, 0.29) is 12.0 Å². The lowest BCUT2D eigenvalue weighted by Crippen LogP contribution is -2.30. The lowest BCUT2D eigenvalue weighted by atomic mass is 9.80. The van der Waals surface area contributed by atoms with Gasteiger partial charge >= 0.3 is 0 Å². The fraction of sp³-hybridized carbons (Fsp3) is 0.462. The number of carbonyl (C=O) groups excluding carboxylic acids is 1. The molecule has 1 aromatic rings. The van der Waals surface area contributed by atoms with Gasteiger partial charge in [-0.25, -0.2) is 0 Å².